The van der Waals surface area contributed by atoms with Gasteiger partial charge in [0.15, 0.2) is 0 Å². The molecule has 0 fully saturated rings. The highest BCUT2D eigenvalue weighted by atomic mass is 14.8. The van der Waals surface area contributed by atoms with Gasteiger partial charge in [0.2, 0.25) is 0 Å². The number of hydrogen-bond acceptors (Lipinski definition) is 1. The van der Waals surface area contributed by atoms with Crippen LogP contribution in [0, 0.1) is 5.92 Å². The number of hydrogen-bond donors (Lipinski definition) is 1. The summed E-state index contributed by atoms with van der Waals surface area (Å²) in [6, 6.07) is 0. The van der Waals surface area contributed by atoms with E-state index in [-0.39, 0.29) is 39.1 Å². The van der Waals surface area contributed by atoms with Crippen LogP contribution in [0.2, 0.25) is 0 Å². The highest BCUT2D eigenvalue weighted by Crippen LogP contribution is 1.84. The van der Waals surface area contributed by atoms with Gasteiger partial charge in [-0.1, -0.05) is 43.1 Å². The average molecular weight is 171 g/mol. The summed E-state index contributed by atoms with van der Waals surface area (Å²) < 4.78 is 0. The second kappa shape index (κ2) is 30.4. The molecule has 74 valence electrons. The molecule has 0 unspecified atom stereocenters. The van der Waals surface area contributed by atoms with Gasteiger partial charge in [0.25, 0.3) is 0 Å². The fourth-order valence-corrected chi connectivity index (χ4v) is 0.433. The third-order valence-electron chi connectivity index (χ3n) is 0.803. The molecule has 0 aromatic carbocycles. The van der Waals surface area contributed by atoms with Gasteiger partial charge in [-0.2, -0.15) is 0 Å². The minimum Gasteiger partial charge on any atom is -0.317 e. The summed E-state index contributed by atoms with van der Waals surface area (Å²) in [5, 5.41) is 3.25. The Bertz CT molecular complexity index is 41.5. The molecule has 0 amide bonds. The van der Waals surface area contributed by atoms with Crippen molar-refractivity contribution in [3.05, 3.63) is 0 Å². The van der Waals surface area contributed by atoms with Crippen molar-refractivity contribution in [2.45, 2.75) is 43.1 Å². The van der Waals surface area contributed by atoms with Crippen LogP contribution < -0.4 is 5.32 Å². The van der Waals surface area contributed by atoms with Gasteiger partial charge in [0, 0.05) is 16.8 Å². The molecule has 0 bridgehead atoms. The Hall–Kier alpha value is 0.0899. The molecule has 0 saturated carbocycles. The molecule has 0 atom stereocenters. The zero-order valence-corrected chi connectivity index (χ0v) is 6.65. The van der Waals surface area contributed by atoms with E-state index in [0.29, 0.717) is 0 Å². The summed E-state index contributed by atoms with van der Waals surface area (Å²) in [5.41, 5.74) is 0. The summed E-state index contributed by atoms with van der Waals surface area (Å²) in [6.07, 6.45) is 0. The smallest absolute Gasteiger partial charge is 0 e. The molecule has 0 spiro atoms. The van der Waals surface area contributed by atoms with Gasteiger partial charge in [-0.25, -0.2) is 0 Å². The molecule has 0 rings (SSSR count). The molecule has 0 aromatic heterocycles. The third-order valence-corrected chi connectivity index (χ3v) is 0.803. The van der Waals surface area contributed by atoms with E-state index in [2.05, 4.69) is 26.1 Å². The molecule has 1 N–H and O–H groups in total. The summed E-state index contributed by atoms with van der Waals surface area (Å²) in [4.78, 5) is 0. The van der Waals surface area contributed by atoms with Crippen LogP contribution in [-0.2, 0) is 0 Å². The molecule has 0 aromatic rings. The third kappa shape index (κ3) is 49.8. The van der Waals surface area contributed by atoms with E-state index >= 15 is 0 Å². The molecular formula is C9H27B2N. The van der Waals surface area contributed by atoms with Gasteiger partial charge in [0.05, 0.1) is 0 Å². The lowest BCUT2D eigenvalue weighted by atomic mass is 10.2. The molecule has 3 heteroatoms. The number of nitrogens with one attached hydrogen (secondary N) is 1. The van der Waals surface area contributed by atoms with Crippen molar-refractivity contribution >= 4 is 16.8 Å². The molecule has 0 aliphatic rings. The molecular weight excluding hydrogens is 144 g/mol. The summed E-state index contributed by atoms with van der Waals surface area (Å²) in [7, 11) is 0. The Morgan fingerprint density at radius 3 is 1.42 bits per heavy atom. The first kappa shape index (κ1) is 40.1. The molecule has 0 saturated heterocycles. The van der Waals surface area contributed by atoms with E-state index in [4.69, 9.17) is 0 Å². The molecule has 6 radical (unpaired) electrons. The highest BCUT2D eigenvalue weighted by Gasteiger charge is 1.86. The summed E-state index contributed by atoms with van der Waals surface area (Å²) >= 11 is 0. The predicted molar refractivity (Wildman–Crippen MR) is 65.1 cm³/mol. The summed E-state index contributed by atoms with van der Waals surface area (Å²) in [6.45, 7) is 8.79. The Morgan fingerprint density at radius 1 is 1.00 bits per heavy atom. The van der Waals surface area contributed by atoms with Crippen LogP contribution in [0.15, 0.2) is 0 Å². The Morgan fingerprint density at radius 2 is 1.33 bits per heavy atom. The second-order valence-electron chi connectivity index (χ2n) is 2.20. The normalized spacial score (nSPS) is 6.00. The molecule has 0 aliphatic carbocycles. The quantitative estimate of drug-likeness (QED) is 0.642. The van der Waals surface area contributed by atoms with Gasteiger partial charge in [0.1, 0.15) is 0 Å². The van der Waals surface area contributed by atoms with Crippen molar-refractivity contribution in [1.29, 1.82) is 0 Å². The minimum absolute atomic E-state index is 0. The maximum Gasteiger partial charge on any atom is 0 e. The van der Waals surface area contributed by atoms with E-state index in [1.165, 1.54) is 0 Å². The van der Waals surface area contributed by atoms with Crippen molar-refractivity contribution in [1.82, 2.24) is 5.32 Å². The topological polar surface area (TPSA) is 12.0 Å². The lowest BCUT2D eigenvalue weighted by Crippen LogP contribution is -2.18. The fraction of sp³-hybridized carbons (Fsp3) is 1.00. The zero-order valence-electron chi connectivity index (χ0n) is 6.65. The molecule has 0 aliphatic heterocycles. The largest absolute Gasteiger partial charge is 0.317 e. The molecule has 0 heterocycles. The molecule has 1 nitrogen and oxygen atoms in total. The van der Waals surface area contributed by atoms with Crippen LogP contribution >= 0.6 is 0 Å². The Balaban J connectivity index is -0.0000000180. The van der Waals surface area contributed by atoms with Crippen LogP contribution in [0.1, 0.15) is 43.1 Å². The fourth-order valence-electron chi connectivity index (χ4n) is 0.433. The van der Waals surface area contributed by atoms with Crippen LogP contribution in [0.3, 0.4) is 0 Å². The summed E-state index contributed by atoms with van der Waals surface area (Å²) in [5.74, 6) is 0.792. The van der Waals surface area contributed by atoms with Gasteiger partial charge in [-0.05, 0) is 19.0 Å². The van der Waals surface area contributed by atoms with E-state index in [1.807, 2.05) is 0 Å². The average Bonchev–Trinajstić information content (AvgIpc) is 1.61. The SMILES string of the molecule is C.C.C.CCNCC(C)C.[B].[B]. The van der Waals surface area contributed by atoms with Crippen molar-refractivity contribution in [3.8, 4) is 0 Å². The lowest BCUT2D eigenvalue weighted by molar-refractivity contribution is 0.566. The van der Waals surface area contributed by atoms with Gasteiger partial charge in [-0.3, -0.25) is 0 Å². The van der Waals surface area contributed by atoms with Crippen molar-refractivity contribution in [3.63, 3.8) is 0 Å². The van der Waals surface area contributed by atoms with E-state index < -0.39 is 0 Å². The van der Waals surface area contributed by atoms with Crippen molar-refractivity contribution in [2.24, 2.45) is 5.92 Å². The highest BCUT2D eigenvalue weighted by molar-refractivity contribution is 5.76. The van der Waals surface area contributed by atoms with Crippen LogP contribution in [0.4, 0.5) is 0 Å². The Kier molecular flexibility index (Phi) is 102. The van der Waals surface area contributed by atoms with Crippen LogP contribution in [-0.4, -0.2) is 29.9 Å². The molecule has 12 heavy (non-hydrogen) atoms. The first-order chi connectivity index (χ1) is 3.27. The van der Waals surface area contributed by atoms with Gasteiger partial charge in [-0.15, -0.1) is 0 Å². The Labute approximate surface area is 84.9 Å². The first-order valence-electron chi connectivity index (χ1n) is 2.98. The van der Waals surface area contributed by atoms with E-state index in [9.17, 15) is 0 Å². The minimum atomic E-state index is 0. The zero-order chi connectivity index (χ0) is 5.70. The van der Waals surface area contributed by atoms with Crippen LogP contribution in [0.5, 0.6) is 0 Å². The predicted octanol–water partition coefficient (Wildman–Crippen LogP) is 2.40. The maximum absolute atomic E-state index is 3.25. The lowest BCUT2D eigenvalue weighted by Gasteiger charge is -2.01. The van der Waals surface area contributed by atoms with Crippen molar-refractivity contribution in [2.75, 3.05) is 13.1 Å². The van der Waals surface area contributed by atoms with Gasteiger partial charge < -0.3 is 5.32 Å². The monoisotopic (exact) mass is 171 g/mol. The maximum atomic E-state index is 3.25. The number of rotatable bonds is 3. The van der Waals surface area contributed by atoms with E-state index in [1.54, 1.807) is 0 Å². The van der Waals surface area contributed by atoms with Crippen molar-refractivity contribution < 1.29 is 0 Å². The second-order valence-corrected chi connectivity index (χ2v) is 2.20. The standard InChI is InChI=1S/C6H15N.3CH4.2B/c1-4-7-5-6(2)3;;;;;/h6-7H,4-5H2,1-3H3;3*1H4;;. The van der Waals surface area contributed by atoms with Crippen LogP contribution in [0.25, 0.3) is 0 Å². The first-order valence-corrected chi connectivity index (χ1v) is 2.98. The van der Waals surface area contributed by atoms with E-state index in [0.717, 1.165) is 19.0 Å². The van der Waals surface area contributed by atoms with Gasteiger partial charge >= 0.3 is 0 Å².